The van der Waals surface area contributed by atoms with Crippen molar-refractivity contribution in [3.05, 3.63) is 83.5 Å². The number of hydrogen-bond donors (Lipinski definition) is 1. The Labute approximate surface area is 294 Å². The molecule has 1 N–H and O–H groups in total. The zero-order chi connectivity index (χ0) is 36.1. The van der Waals surface area contributed by atoms with Gasteiger partial charge >= 0.3 is 17.9 Å². The van der Waals surface area contributed by atoms with E-state index in [4.69, 9.17) is 18.9 Å². The van der Waals surface area contributed by atoms with Crippen molar-refractivity contribution < 1.29 is 42.8 Å². The summed E-state index contributed by atoms with van der Waals surface area (Å²) in [5, 5.41) is 21.0. The Morgan fingerprint density at radius 3 is 2.55 bits per heavy atom. The van der Waals surface area contributed by atoms with Gasteiger partial charge in [-0.3, -0.25) is 14.5 Å². The molecule has 270 valence electrons. The minimum Gasteiger partial charge on any atom is -0.497 e. The number of nitrogens with zero attached hydrogens (tertiary/aromatic N) is 5. The lowest BCUT2D eigenvalue weighted by atomic mass is 9.47. The van der Waals surface area contributed by atoms with E-state index in [0.717, 1.165) is 23.4 Å². The van der Waals surface area contributed by atoms with Crippen LogP contribution in [0.5, 0.6) is 5.75 Å². The second-order valence-corrected chi connectivity index (χ2v) is 13.8. The summed E-state index contributed by atoms with van der Waals surface area (Å²) in [6, 6.07) is 10.8. The molecule has 1 saturated heterocycles. The number of methoxy groups -OCH3 is 2. The van der Waals surface area contributed by atoms with Crippen LogP contribution in [0.4, 0.5) is 10.1 Å². The Morgan fingerprint density at radius 1 is 1.06 bits per heavy atom. The first-order chi connectivity index (χ1) is 24.5. The van der Waals surface area contributed by atoms with Gasteiger partial charge in [-0.15, -0.1) is 5.10 Å². The molecular weight excluding hydrogens is 661 g/mol. The Balaban J connectivity index is 1.11. The summed E-state index contributed by atoms with van der Waals surface area (Å²) >= 11 is 0. The number of fused-ring (bicyclic) bond motifs is 1. The molecule has 1 saturated carbocycles. The number of carbonyl (C=O) groups excluding carboxylic acids is 3. The normalized spacial score (nSPS) is 28.8. The van der Waals surface area contributed by atoms with Gasteiger partial charge in [-0.25, -0.2) is 13.9 Å². The number of hydrogen-bond acceptors (Lipinski definition) is 12. The van der Waals surface area contributed by atoms with Gasteiger partial charge in [0.1, 0.15) is 23.9 Å². The molecule has 1 aliphatic carbocycles. The maximum Gasteiger partial charge on any atom is 0.344 e. The molecule has 0 amide bonds. The molecule has 3 aromatic rings. The first-order valence-corrected chi connectivity index (χ1v) is 17.1. The summed E-state index contributed by atoms with van der Waals surface area (Å²) in [5.74, 6) is -2.00. The quantitative estimate of drug-likeness (QED) is 0.178. The van der Waals surface area contributed by atoms with Crippen LogP contribution in [0.2, 0.25) is 0 Å². The van der Waals surface area contributed by atoms with Crippen LogP contribution in [0.1, 0.15) is 49.4 Å². The fourth-order valence-corrected chi connectivity index (χ4v) is 9.39. The van der Waals surface area contributed by atoms with E-state index in [1.165, 1.54) is 19.2 Å². The third-order valence-corrected chi connectivity index (χ3v) is 11.3. The number of ether oxygens (including phenoxy) is 4. The average Bonchev–Trinajstić information content (AvgIpc) is 3.83. The van der Waals surface area contributed by atoms with Crippen molar-refractivity contribution >= 4 is 23.6 Å². The van der Waals surface area contributed by atoms with Crippen LogP contribution in [-0.4, -0.2) is 101 Å². The molecule has 3 aliphatic heterocycles. The maximum absolute atomic E-state index is 14.0. The monoisotopic (exact) mass is 703 g/mol. The van der Waals surface area contributed by atoms with Crippen LogP contribution in [0.15, 0.2) is 60.8 Å². The molecule has 1 spiro atoms. The predicted molar refractivity (Wildman–Crippen MR) is 180 cm³/mol. The summed E-state index contributed by atoms with van der Waals surface area (Å²) in [5.41, 5.74) is -0.897. The van der Waals surface area contributed by atoms with Crippen LogP contribution >= 0.6 is 0 Å². The first-order valence-electron chi connectivity index (χ1n) is 17.1. The Morgan fingerprint density at radius 2 is 1.82 bits per heavy atom. The Hall–Kier alpha value is -4.82. The van der Waals surface area contributed by atoms with Crippen LogP contribution in [0, 0.1) is 11.2 Å². The standard InChI is InChI=1S/C37H42FN5O8/c1-5-35-15-6-17-42-18-16-36(31(35)42)27-12-11-26(48-3)19-28(27)41(2)32(36)37(47,34(46)49-4)33(35)51-30(45)14-13-29(44)50-22-25-21-43(40-39-25)20-23-7-9-24(38)10-8-23/h6-12,15,19,21,31-33,47H,5,13-14,16-18,20,22H2,1-4H3/t31-,32+,33+,35+,36+,37-/m0/s1. The molecule has 2 fully saturated rings. The summed E-state index contributed by atoms with van der Waals surface area (Å²) in [6.45, 7) is 3.57. The van der Waals surface area contributed by atoms with E-state index in [1.807, 2.05) is 49.2 Å². The fourth-order valence-electron chi connectivity index (χ4n) is 9.39. The second-order valence-electron chi connectivity index (χ2n) is 13.8. The maximum atomic E-state index is 14.0. The Kier molecular flexibility index (Phi) is 8.86. The molecule has 6 atom stereocenters. The van der Waals surface area contributed by atoms with Gasteiger partial charge in [0.2, 0.25) is 5.60 Å². The number of rotatable bonds is 11. The van der Waals surface area contributed by atoms with Crippen molar-refractivity contribution in [3.63, 3.8) is 0 Å². The van der Waals surface area contributed by atoms with Crippen LogP contribution in [0.25, 0.3) is 0 Å². The van der Waals surface area contributed by atoms with Gasteiger partial charge in [-0.2, -0.15) is 0 Å². The molecule has 1 aromatic heterocycles. The number of halogens is 1. The number of esters is 3. The molecule has 14 heteroatoms. The lowest BCUT2D eigenvalue weighted by Crippen LogP contribution is -2.81. The van der Waals surface area contributed by atoms with Gasteiger partial charge in [0.05, 0.1) is 45.8 Å². The van der Waals surface area contributed by atoms with Gasteiger partial charge in [-0.05, 0) is 48.7 Å². The number of anilines is 1. The predicted octanol–water partition coefficient (Wildman–Crippen LogP) is 2.92. The number of carbonyl (C=O) groups is 3. The van der Waals surface area contributed by atoms with Gasteiger partial charge < -0.3 is 29.0 Å². The summed E-state index contributed by atoms with van der Waals surface area (Å²) in [7, 11) is 4.64. The summed E-state index contributed by atoms with van der Waals surface area (Å²) < 4.78 is 37.2. The van der Waals surface area contributed by atoms with E-state index in [2.05, 4.69) is 15.2 Å². The van der Waals surface area contributed by atoms with Gasteiger partial charge in [0.15, 0.2) is 6.10 Å². The van der Waals surface area contributed by atoms with Gasteiger partial charge in [0.25, 0.3) is 0 Å². The van der Waals surface area contributed by atoms with Crippen molar-refractivity contribution in [2.75, 3.05) is 39.3 Å². The second kappa shape index (κ2) is 13.1. The van der Waals surface area contributed by atoms with Gasteiger partial charge in [-0.1, -0.05) is 42.5 Å². The largest absolute Gasteiger partial charge is 0.497 e. The zero-order valence-corrected chi connectivity index (χ0v) is 29.1. The third-order valence-electron chi connectivity index (χ3n) is 11.3. The average molecular weight is 704 g/mol. The minimum absolute atomic E-state index is 0.162. The summed E-state index contributed by atoms with van der Waals surface area (Å²) in [4.78, 5) is 44.7. The minimum atomic E-state index is -2.28. The number of aliphatic hydroxyl groups is 1. The van der Waals surface area contributed by atoms with E-state index in [0.29, 0.717) is 37.4 Å². The molecule has 0 bridgehead atoms. The van der Waals surface area contributed by atoms with Crippen molar-refractivity contribution in [1.29, 1.82) is 0 Å². The van der Waals surface area contributed by atoms with Crippen LogP contribution in [0.3, 0.4) is 0 Å². The third kappa shape index (κ3) is 5.38. The van der Waals surface area contributed by atoms with Crippen molar-refractivity contribution in [1.82, 2.24) is 19.9 Å². The lowest BCUT2D eigenvalue weighted by Gasteiger charge is -2.63. The van der Waals surface area contributed by atoms with Crippen LogP contribution < -0.4 is 9.64 Å². The molecule has 2 aromatic carbocycles. The molecule has 4 aliphatic rings. The van der Waals surface area contributed by atoms with Gasteiger partial charge in [0, 0.05) is 42.2 Å². The highest BCUT2D eigenvalue weighted by Gasteiger charge is 2.80. The molecule has 4 heterocycles. The van der Waals surface area contributed by atoms with E-state index >= 15 is 0 Å². The summed E-state index contributed by atoms with van der Waals surface area (Å²) in [6.07, 6.45) is 4.78. The first kappa shape index (κ1) is 34.6. The van der Waals surface area contributed by atoms with E-state index in [9.17, 15) is 23.9 Å². The van der Waals surface area contributed by atoms with E-state index < -0.39 is 46.5 Å². The van der Waals surface area contributed by atoms with Crippen molar-refractivity contribution in [2.45, 2.75) is 75.0 Å². The Bertz CT molecular complexity index is 1870. The number of likely N-dealkylation sites (N-methyl/N-ethyl adjacent to an activating group) is 1. The SMILES string of the molecule is CC[C@]12C=CCN3CC[C@@]4(c5ccc(OC)cc5N(C)[C@H]4[C@@](O)(C(=O)OC)[C@@H]1OC(=O)CCC(=O)OCc1cn(Cc4ccc(F)cc4)nn1)[C@@H]32. The number of benzene rings is 2. The zero-order valence-electron chi connectivity index (χ0n) is 29.1. The number of aromatic nitrogens is 3. The van der Waals surface area contributed by atoms with Crippen molar-refractivity contribution in [3.8, 4) is 5.75 Å². The highest BCUT2D eigenvalue weighted by Crippen LogP contribution is 2.67. The highest BCUT2D eigenvalue weighted by atomic mass is 19.1. The molecule has 0 radical (unpaired) electrons. The lowest BCUT2D eigenvalue weighted by molar-refractivity contribution is -0.229. The molecule has 51 heavy (non-hydrogen) atoms. The van der Waals surface area contributed by atoms with E-state index in [1.54, 1.807) is 30.1 Å². The van der Waals surface area contributed by atoms with Crippen molar-refractivity contribution in [2.24, 2.45) is 5.41 Å². The topological polar surface area (TPSA) is 146 Å². The highest BCUT2D eigenvalue weighted by molar-refractivity contribution is 5.87. The fraction of sp³-hybridized carbons (Fsp3) is 0.486. The molecular formula is C37H42FN5O8. The molecule has 13 nitrogen and oxygen atoms in total. The van der Waals surface area contributed by atoms with Crippen LogP contribution in [-0.2, 0) is 47.2 Å². The van der Waals surface area contributed by atoms with E-state index in [-0.39, 0.29) is 31.3 Å². The molecule has 0 unspecified atom stereocenters. The molecule has 7 rings (SSSR count). The smallest absolute Gasteiger partial charge is 0.344 e.